The van der Waals surface area contributed by atoms with Gasteiger partial charge in [-0.3, -0.25) is 14.9 Å². The molecule has 5 heteroatoms. The molecule has 0 unspecified atom stereocenters. The van der Waals surface area contributed by atoms with Crippen LogP contribution >= 0.6 is 0 Å². The van der Waals surface area contributed by atoms with Gasteiger partial charge in [-0.2, -0.15) is 0 Å². The van der Waals surface area contributed by atoms with Crippen molar-refractivity contribution in [3.8, 4) is 5.75 Å². The molecule has 0 fully saturated rings. The van der Waals surface area contributed by atoms with E-state index < -0.39 is 5.91 Å². The van der Waals surface area contributed by atoms with Crippen LogP contribution in [0.3, 0.4) is 0 Å². The zero-order chi connectivity index (χ0) is 15.1. The molecule has 0 saturated carbocycles. The van der Waals surface area contributed by atoms with Crippen molar-refractivity contribution >= 4 is 28.3 Å². The summed E-state index contributed by atoms with van der Waals surface area (Å²) in [5.41, 5.74) is 1.33. The Morgan fingerprint density at radius 1 is 1.05 bits per heavy atom. The van der Waals surface area contributed by atoms with Crippen LogP contribution in [0.5, 0.6) is 5.75 Å². The van der Waals surface area contributed by atoms with Crippen molar-refractivity contribution in [2.45, 2.75) is 20.0 Å². The first-order valence-electron chi connectivity index (χ1n) is 6.83. The molecule has 0 bridgehead atoms. The zero-order valence-corrected chi connectivity index (χ0v) is 12.1. The van der Waals surface area contributed by atoms with Gasteiger partial charge in [0.2, 0.25) is 0 Å². The van der Waals surface area contributed by atoms with Crippen molar-refractivity contribution in [3.63, 3.8) is 0 Å². The van der Waals surface area contributed by atoms with Gasteiger partial charge in [-0.05, 0) is 19.2 Å². The van der Waals surface area contributed by atoms with Crippen LogP contribution in [-0.2, 0) is 0 Å². The smallest absolute Gasteiger partial charge is 0.261 e. The van der Waals surface area contributed by atoms with E-state index >= 15 is 0 Å². The minimum Gasteiger partial charge on any atom is -0.488 e. The first kappa shape index (κ1) is 13.4. The summed E-state index contributed by atoms with van der Waals surface area (Å²) in [6.07, 6.45) is -0.0429. The van der Waals surface area contributed by atoms with Gasteiger partial charge >= 0.3 is 0 Å². The van der Waals surface area contributed by atoms with Crippen molar-refractivity contribution in [2.75, 3.05) is 12.4 Å². The average molecular weight is 284 g/mol. The largest absolute Gasteiger partial charge is 0.488 e. The van der Waals surface area contributed by atoms with E-state index in [0.29, 0.717) is 22.6 Å². The molecule has 0 spiro atoms. The fourth-order valence-electron chi connectivity index (χ4n) is 2.69. The quantitative estimate of drug-likeness (QED) is 0.850. The van der Waals surface area contributed by atoms with E-state index in [0.717, 1.165) is 10.8 Å². The van der Waals surface area contributed by atoms with E-state index in [2.05, 4.69) is 10.6 Å². The minimum absolute atomic E-state index is 0.0429. The Labute approximate surface area is 122 Å². The van der Waals surface area contributed by atoms with E-state index in [-0.39, 0.29) is 12.0 Å². The van der Waals surface area contributed by atoms with Crippen LogP contribution in [0.4, 0.5) is 5.69 Å². The van der Waals surface area contributed by atoms with E-state index in [1.807, 2.05) is 38.1 Å². The lowest BCUT2D eigenvalue weighted by Gasteiger charge is -2.19. The van der Waals surface area contributed by atoms with Gasteiger partial charge in [-0.1, -0.05) is 24.3 Å². The molecule has 0 saturated heterocycles. The maximum atomic E-state index is 12.1. The molecule has 0 radical (unpaired) electrons. The molecule has 1 heterocycles. The summed E-state index contributed by atoms with van der Waals surface area (Å²) in [6.45, 7) is 3.85. The van der Waals surface area contributed by atoms with Gasteiger partial charge in [0.25, 0.3) is 11.8 Å². The lowest BCUT2D eigenvalue weighted by atomic mass is 9.97. The Balaban J connectivity index is 2.46. The second-order valence-electron chi connectivity index (χ2n) is 5.20. The minimum atomic E-state index is -0.390. The summed E-state index contributed by atoms with van der Waals surface area (Å²) >= 11 is 0. The van der Waals surface area contributed by atoms with Gasteiger partial charge in [0.05, 0.1) is 22.9 Å². The molecule has 2 amide bonds. The van der Waals surface area contributed by atoms with Gasteiger partial charge in [-0.15, -0.1) is 0 Å². The number of carbonyl (C=O) groups is 2. The molecular weight excluding hydrogens is 268 g/mol. The number of fused-ring (bicyclic) bond motifs is 3. The molecule has 2 aromatic carbocycles. The molecule has 3 rings (SSSR count). The summed E-state index contributed by atoms with van der Waals surface area (Å²) in [5, 5.41) is 6.91. The summed E-state index contributed by atoms with van der Waals surface area (Å²) in [7, 11) is 1.72. The van der Waals surface area contributed by atoms with Crippen LogP contribution in [-0.4, -0.2) is 25.0 Å². The molecule has 0 aliphatic carbocycles. The Morgan fingerprint density at radius 3 is 2.29 bits per heavy atom. The first-order chi connectivity index (χ1) is 10.0. The van der Waals surface area contributed by atoms with Crippen LogP contribution in [0.15, 0.2) is 24.3 Å². The number of anilines is 1. The van der Waals surface area contributed by atoms with E-state index in [9.17, 15) is 9.59 Å². The molecule has 5 nitrogen and oxygen atoms in total. The first-order valence-corrected chi connectivity index (χ1v) is 6.83. The normalized spacial score (nSPS) is 13.5. The van der Waals surface area contributed by atoms with Gasteiger partial charge < -0.3 is 10.1 Å². The van der Waals surface area contributed by atoms with Crippen molar-refractivity contribution < 1.29 is 14.3 Å². The summed E-state index contributed by atoms with van der Waals surface area (Å²) in [5.74, 6) is -0.149. The number of hydrogen-bond acceptors (Lipinski definition) is 4. The van der Waals surface area contributed by atoms with E-state index in [1.165, 1.54) is 0 Å². The number of nitrogens with one attached hydrogen (secondary N) is 2. The Morgan fingerprint density at radius 2 is 1.67 bits per heavy atom. The second-order valence-corrected chi connectivity index (χ2v) is 5.20. The van der Waals surface area contributed by atoms with Crippen LogP contribution < -0.4 is 15.4 Å². The molecule has 1 aliphatic heterocycles. The van der Waals surface area contributed by atoms with Crippen molar-refractivity contribution in [1.82, 2.24) is 5.32 Å². The van der Waals surface area contributed by atoms with Crippen LogP contribution in [0.25, 0.3) is 10.8 Å². The fraction of sp³-hybridized carbons (Fsp3) is 0.250. The highest BCUT2D eigenvalue weighted by atomic mass is 16.5. The number of amides is 2. The molecule has 0 aromatic heterocycles. The van der Waals surface area contributed by atoms with Crippen molar-refractivity contribution in [1.29, 1.82) is 0 Å². The molecule has 0 atom stereocenters. The number of benzene rings is 2. The second kappa shape index (κ2) is 4.77. The molecular formula is C16H16N2O3. The number of ether oxygens (including phenoxy) is 1. The lowest BCUT2D eigenvalue weighted by molar-refractivity contribution is 0.0880. The van der Waals surface area contributed by atoms with Crippen molar-refractivity contribution in [3.05, 3.63) is 35.4 Å². The zero-order valence-electron chi connectivity index (χ0n) is 12.1. The molecule has 21 heavy (non-hydrogen) atoms. The SMILES string of the molecule is CNc1c2c(c3ccccc3c1OC(C)C)C(=O)NC2=O. The third kappa shape index (κ3) is 1.93. The number of carbonyl (C=O) groups excluding carboxylic acids is 2. The van der Waals surface area contributed by atoms with Crippen LogP contribution in [0.1, 0.15) is 34.6 Å². The fourth-order valence-corrected chi connectivity index (χ4v) is 2.69. The third-order valence-corrected chi connectivity index (χ3v) is 3.45. The average Bonchev–Trinajstić information content (AvgIpc) is 2.74. The standard InChI is InChI=1S/C16H16N2O3/c1-8(2)21-14-10-7-5-4-6-9(10)11-12(13(14)17-3)16(20)18-15(11)19/h4-8,17H,1-3H3,(H,18,19,20). The van der Waals surface area contributed by atoms with E-state index in [4.69, 9.17) is 4.74 Å². The molecule has 2 aromatic rings. The topological polar surface area (TPSA) is 67.4 Å². The molecule has 1 aliphatic rings. The lowest BCUT2D eigenvalue weighted by Crippen LogP contribution is -2.20. The van der Waals surface area contributed by atoms with Crippen LogP contribution in [0, 0.1) is 0 Å². The number of hydrogen-bond donors (Lipinski definition) is 2. The Kier molecular flexibility index (Phi) is 3.05. The summed E-state index contributed by atoms with van der Waals surface area (Å²) < 4.78 is 5.90. The monoisotopic (exact) mass is 284 g/mol. The highest BCUT2D eigenvalue weighted by Gasteiger charge is 2.34. The van der Waals surface area contributed by atoms with Gasteiger partial charge in [0.1, 0.15) is 0 Å². The summed E-state index contributed by atoms with van der Waals surface area (Å²) in [6, 6.07) is 7.45. The number of imide groups is 1. The Bertz CT molecular complexity index is 766. The number of rotatable bonds is 3. The van der Waals surface area contributed by atoms with Gasteiger partial charge in [-0.25, -0.2) is 0 Å². The molecule has 108 valence electrons. The van der Waals surface area contributed by atoms with Crippen LogP contribution in [0.2, 0.25) is 0 Å². The highest BCUT2D eigenvalue weighted by molar-refractivity contribution is 6.30. The third-order valence-electron chi connectivity index (χ3n) is 3.45. The predicted molar refractivity (Wildman–Crippen MR) is 81.1 cm³/mol. The highest BCUT2D eigenvalue weighted by Crippen LogP contribution is 2.42. The predicted octanol–water partition coefficient (Wildman–Crippen LogP) is 2.55. The molecule has 2 N–H and O–H groups in total. The van der Waals surface area contributed by atoms with E-state index in [1.54, 1.807) is 7.05 Å². The van der Waals surface area contributed by atoms with Gasteiger partial charge in [0.15, 0.2) is 5.75 Å². The Hall–Kier alpha value is -2.56. The maximum absolute atomic E-state index is 12.1. The van der Waals surface area contributed by atoms with Crippen molar-refractivity contribution in [2.24, 2.45) is 0 Å². The maximum Gasteiger partial charge on any atom is 0.261 e. The van der Waals surface area contributed by atoms with Gasteiger partial charge in [0, 0.05) is 12.4 Å². The summed E-state index contributed by atoms with van der Waals surface area (Å²) in [4.78, 5) is 24.2.